The molecule has 3 aromatic rings. The van der Waals surface area contributed by atoms with E-state index in [1.165, 1.54) is 73.8 Å². The molecule has 1 atom stereocenters. The summed E-state index contributed by atoms with van der Waals surface area (Å²) in [7, 11) is 0. The first-order chi connectivity index (χ1) is 19.7. The molecule has 7 rings (SSSR count). The van der Waals surface area contributed by atoms with Gasteiger partial charge in [-0.15, -0.1) is 0 Å². The third-order valence-electron chi connectivity index (χ3n) is 9.87. The number of nitrogens with zero attached hydrogens (tertiary/aromatic N) is 2. The van der Waals surface area contributed by atoms with Crippen molar-refractivity contribution in [3.05, 3.63) is 93.9 Å². The van der Waals surface area contributed by atoms with Crippen LogP contribution in [-0.4, -0.2) is 16.7 Å². The molecule has 2 aromatic carbocycles. The molecule has 2 saturated carbocycles. The topological polar surface area (TPSA) is 55.5 Å². The molecular formula is C37H42N2O2. The molecule has 4 heteroatoms. The third kappa shape index (κ3) is 5.89. The lowest BCUT2D eigenvalue weighted by atomic mass is 9.90. The highest BCUT2D eigenvalue weighted by Gasteiger charge is 2.42. The zero-order valence-electron chi connectivity index (χ0n) is 24.8. The average Bonchev–Trinajstić information content (AvgIpc) is 3.79. The van der Waals surface area contributed by atoms with Gasteiger partial charge in [0.1, 0.15) is 11.5 Å². The molecule has 3 aliphatic carbocycles. The van der Waals surface area contributed by atoms with Gasteiger partial charge in [-0.05, 0) is 83.8 Å². The Morgan fingerprint density at radius 2 is 1.76 bits per heavy atom. The number of fused-ring (bicyclic) bond motifs is 3. The first kappa shape index (κ1) is 26.6. The SMILES string of the molecule is CC(C)(C)c1cc(CC(=O)Cc2ccc(C3=CC4C(=N3)Cc3cc(CCC5(CCC6CC6)CC5)ccc34)cc2)no1. The van der Waals surface area contributed by atoms with Crippen LogP contribution >= 0.6 is 0 Å². The summed E-state index contributed by atoms with van der Waals surface area (Å²) in [4.78, 5) is 17.8. The van der Waals surface area contributed by atoms with Gasteiger partial charge in [0.05, 0.1) is 17.8 Å². The fourth-order valence-corrected chi connectivity index (χ4v) is 6.72. The van der Waals surface area contributed by atoms with Crippen LogP contribution in [0.4, 0.5) is 0 Å². The zero-order valence-corrected chi connectivity index (χ0v) is 24.8. The summed E-state index contributed by atoms with van der Waals surface area (Å²) in [5.41, 5.74) is 10.2. The van der Waals surface area contributed by atoms with Gasteiger partial charge < -0.3 is 4.52 Å². The van der Waals surface area contributed by atoms with Crippen LogP contribution in [-0.2, 0) is 35.9 Å². The number of aliphatic imine (C=N–C) groups is 1. The molecule has 1 unspecified atom stereocenters. The monoisotopic (exact) mass is 546 g/mol. The highest BCUT2D eigenvalue weighted by Crippen LogP contribution is 2.55. The predicted octanol–water partition coefficient (Wildman–Crippen LogP) is 8.36. The van der Waals surface area contributed by atoms with Gasteiger partial charge in [0, 0.05) is 36.0 Å². The third-order valence-corrected chi connectivity index (χ3v) is 9.87. The number of aryl methyl sites for hydroxylation is 1. The number of benzene rings is 2. The summed E-state index contributed by atoms with van der Waals surface area (Å²) >= 11 is 0. The number of rotatable bonds is 11. The summed E-state index contributed by atoms with van der Waals surface area (Å²) in [6, 6.07) is 17.4. The van der Waals surface area contributed by atoms with Crippen LogP contribution in [0.2, 0.25) is 0 Å². The van der Waals surface area contributed by atoms with Crippen molar-refractivity contribution in [3.8, 4) is 0 Å². The molecule has 4 aliphatic rings. The van der Waals surface area contributed by atoms with Gasteiger partial charge in [-0.25, -0.2) is 0 Å². The van der Waals surface area contributed by atoms with Crippen molar-refractivity contribution in [3.63, 3.8) is 0 Å². The number of carbonyl (C=O) groups excluding carboxylic acids is 1. The number of ketones is 1. The molecule has 1 aliphatic heterocycles. The second-order valence-electron chi connectivity index (χ2n) is 14.3. The Hall–Kier alpha value is -3.27. The maximum atomic E-state index is 12.7. The summed E-state index contributed by atoms with van der Waals surface area (Å²) in [6.07, 6.45) is 15.4. The highest BCUT2D eigenvalue weighted by molar-refractivity contribution is 6.05. The van der Waals surface area contributed by atoms with Gasteiger partial charge in [0.25, 0.3) is 0 Å². The van der Waals surface area contributed by atoms with Crippen molar-refractivity contribution in [1.82, 2.24) is 5.16 Å². The van der Waals surface area contributed by atoms with Crippen LogP contribution in [0.5, 0.6) is 0 Å². The maximum absolute atomic E-state index is 12.7. The Labute approximate surface area is 244 Å². The molecule has 0 N–H and O–H groups in total. The lowest BCUT2D eigenvalue weighted by Crippen LogP contribution is -2.09. The van der Waals surface area contributed by atoms with Crippen LogP contribution < -0.4 is 0 Å². The van der Waals surface area contributed by atoms with E-state index >= 15 is 0 Å². The number of aromatic nitrogens is 1. The van der Waals surface area contributed by atoms with Gasteiger partial charge in [0.15, 0.2) is 0 Å². The smallest absolute Gasteiger partial charge is 0.143 e. The lowest BCUT2D eigenvalue weighted by molar-refractivity contribution is -0.117. The largest absolute Gasteiger partial charge is 0.361 e. The minimum absolute atomic E-state index is 0.111. The van der Waals surface area contributed by atoms with E-state index < -0.39 is 0 Å². The Morgan fingerprint density at radius 1 is 0.976 bits per heavy atom. The normalized spacial score (nSPS) is 20.4. The highest BCUT2D eigenvalue weighted by atomic mass is 16.5. The average molecular weight is 547 g/mol. The van der Waals surface area contributed by atoms with Crippen molar-refractivity contribution in [2.75, 3.05) is 0 Å². The Balaban J connectivity index is 0.949. The van der Waals surface area contributed by atoms with E-state index in [1.54, 1.807) is 0 Å². The summed E-state index contributed by atoms with van der Waals surface area (Å²) in [5.74, 6) is 2.32. The van der Waals surface area contributed by atoms with E-state index in [1.807, 2.05) is 6.07 Å². The molecule has 2 fully saturated rings. The molecule has 0 saturated heterocycles. The molecule has 2 heterocycles. The molecular weight excluding hydrogens is 504 g/mol. The van der Waals surface area contributed by atoms with E-state index in [2.05, 4.69) is 74.5 Å². The van der Waals surface area contributed by atoms with Gasteiger partial charge in [-0.3, -0.25) is 9.79 Å². The standard InChI is InChI=1S/C37H42N2O2/c1-36(2,3)35-22-29(39-41-35)21-30(40)19-25-6-9-27(10-7-25)33-23-32-31-11-8-26(18-28(31)20-34(32)38-33)13-15-37(16-17-37)14-12-24-4-5-24/h6-11,18,22-24,32H,4-5,12-17,19-21H2,1-3H3. The minimum Gasteiger partial charge on any atom is -0.361 e. The Bertz CT molecular complexity index is 1520. The van der Waals surface area contributed by atoms with E-state index in [0.29, 0.717) is 29.9 Å². The summed E-state index contributed by atoms with van der Waals surface area (Å²) in [5, 5.41) is 4.10. The van der Waals surface area contributed by atoms with E-state index in [-0.39, 0.29) is 11.2 Å². The van der Waals surface area contributed by atoms with Crippen LogP contribution in [0.25, 0.3) is 5.70 Å². The molecule has 0 bridgehead atoms. The van der Waals surface area contributed by atoms with E-state index in [4.69, 9.17) is 9.52 Å². The number of allylic oxidation sites excluding steroid dienone is 1. The number of hydrogen-bond donors (Lipinski definition) is 0. The Morgan fingerprint density at radius 3 is 2.46 bits per heavy atom. The molecule has 4 nitrogen and oxygen atoms in total. The molecule has 41 heavy (non-hydrogen) atoms. The number of hydrogen-bond acceptors (Lipinski definition) is 4. The fourth-order valence-electron chi connectivity index (χ4n) is 6.72. The minimum atomic E-state index is -0.111. The predicted molar refractivity (Wildman–Crippen MR) is 164 cm³/mol. The van der Waals surface area contributed by atoms with Crippen molar-refractivity contribution in [2.24, 2.45) is 16.3 Å². The van der Waals surface area contributed by atoms with Crippen molar-refractivity contribution in [1.29, 1.82) is 0 Å². The quantitative estimate of drug-likeness (QED) is 0.243. The van der Waals surface area contributed by atoms with Crippen LogP contribution in [0.3, 0.4) is 0 Å². The summed E-state index contributed by atoms with van der Waals surface area (Å²) in [6.45, 7) is 6.23. The molecule has 0 amide bonds. The first-order valence-corrected chi connectivity index (χ1v) is 15.7. The zero-order chi connectivity index (χ0) is 28.2. The van der Waals surface area contributed by atoms with Crippen LogP contribution in [0.15, 0.2) is 64.1 Å². The molecule has 0 spiro atoms. The lowest BCUT2D eigenvalue weighted by Gasteiger charge is -2.15. The van der Waals surface area contributed by atoms with Gasteiger partial charge in [-0.2, -0.15) is 0 Å². The van der Waals surface area contributed by atoms with Crippen LogP contribution in [0.1, 0.15) is 111 Å². The molecule has 1 aromatic heterocycles. The molecule has 212 valence electrons. The Kier molecular flexibility index (Phi) is 6.64. The number of carbonyl (C=O) groups is 1. The van der Waals surface area contributed by atoms with Crippen molar-refractivity contribution >= 4 is 17.2 Å². The van der Waals surface area contributed by atoms with Gasteiger partial charge in [-0.1, -0.05) is 81.2 Å². The van der Waals surface area contributed by atoms with Crippen LogP contribution in [0, 0.1) is 11.3 Å². The second-order valence-corrected chi connectivity index (χ2v) is 14.3. The van der Waals surface area contributed by atoms with Crippen molar-refractivity contribution < 1.29 is 9.32 Å². The van der Waals surface area contributed by atoms with E-state index in [9.17, 15) is 4.79 Å². The first-order valence-electron chi connectivity index (χ1n) is 15.7. The molecule has 0 radical (unpaired) electrons. The van der Waals surface area contributed by atoms with Gasteiger partial charge in [0.2, 0.25) is 0 Å². The fraction of sp³-hybridized carbons (Fsp3) is 0.486. The number of Topliss-reactive ketones (excluding diaryl/α,β-unsaturated/α-hetero) is 1. The van der Waals surface area contributed by atoms with E-state index in [0.717, 1.165) is 34.9 Å². The van der Waals surface area contributed by atoms with Crippen molar-refractivity contribution in [2.45, 2.75) is 103 Å². The summed E-state index contributed by atoms with van der Waals surface area (Å²) < 4.78 is 5.43. The van der Waals surface area contributed by atoms with Gasteiger partial charge >= 0.3 is 0 Å². The maximum Gasteiger partial charge on any atom is 0.143 e. The second kappa shape index (κ2) is 10.2.